The average molecular weight is 257 g/mol. The average Bonchev–Trinajstić information content (AvgIpc) is 2.36. The number of H-pyrrole nitrogens is 1. The summed E-state index contributed by atoms with van der Waals surface area (Å²) in [6, 6.07) is 7.11. The zero-order valence-electron chi connectivity index (χ0n) is 11.3. The monoisotopic (exact) mass is 257 g/mol. The van der Waals surface area contributed by atoms with Gasteiger partial charge < -0.3 is 10.3 Å². The zero-order chi connectivity index (χ0) is 13.4. The van der Waals surface area contributed by atoms with Crippen LogP contribution in [0, 0.1) is 0 Å². The number of benzene rings is 1. The second kappa shape index (κ2) is 4.78. The number of nitrogens with one attached hydrogen (secondary N) is 2. The van der Waals surface area contributed by atoms with E-state index in [-0.39, 0.29) is 5.56 Å². The second-order valence-corrected chi connectivity index (χ2v) is 5.63. The summed E-state index contributed by atoms with van der Waals surface area (Å²) < 4.78 is 0. The summed E-state index contributed by atoms with van der Waals surface area (Å²) in [6.07, 6.45) is 3.61. The number of piperidine rings is 1. The van der Waals surface area contributed by atoms with Gasteiger partial charge in [0.1, 0.15) is 0 Å². The predicted octanol–water partition coefficient (Wildman–Crippen LogP) is 2.17. The van der Waals surface area contributed by atoms with Gasteiger partial charge in [-0.1, -0.05) is 12.1 Å². The molecule has 0 saturated carbocycles. The molecular weight excluding hydrogens is 238 g/mol. The molecule has 1 aromatic heterocycles. The van der Waals surface area contributed by atoms with Crippen LogP contribution in [0.5, 0.6) is 0 Å². The molecule has 1 fully saturated rings. The molecule has 1 saturated heterocycles. The zero-order valence-corrected chi connectivity index (χ0v) is 11.3. The van der Waals surface area contributed by atoms with Gasteiger partial charge in [-0.25, -0.2) is 4.98 Å². The fraction of sp³-hybridized carbons (Fsp3) is 0.467. The molecule has 0 spiro atoms. The molecule has 0 radical (unpaired) electrons. The van der Waals surface area contributed by atoms with E-state index in [4.69, 9.17) is 0 Å². The van der Waals surface area contributed by atoms with Gasteiger partial charge in [-0.2, -0.15) is 0 Å². The number of fused-ring (bicyclic) bond motifs is 1. The minimum absolute atomic E-state index is 0.142. The number of nitrogens with zero attached hydrogens (tertiary/aromatic N) is 1. The highest BCUT2D eigenvalue weighted by atomic mass is 16.1. The van der Waals surface area contributed by atoms with Crippen molar-refractivity contribution in [1.29, 1.82) is 0 Å². The lowest BCUT2D eigenvalue weighted by atomic mass is 9.83. The van der Waals surface area contributed by atoms with E-state index in [1.807, 2.05) is 12.1 Å². The summed E-state index contributed by atoms with van der Waals surface area (Å²) in [4.78, 5) is 18.5. The van der Waals surface area contributed by atoms with E-state index in [0.29, 0.717) is 18.0 Å². The number of hydrogen-bond donors (Lipinski definition) is 2. The second-order valence-electron chi connectivity index (χ2n) is 5.63. The first-order chi connectivity index (χ1) is 9.13. The lowest BCUT2D eigenvalue weighted by molar-refractivity contribution is 0.318. The number of para-hydroxylation sites is 1. The van der Waals surface area contributed by atoms with Crippen molar-refractivity contribution in [3.63, 3.8) is 0 Å². The Balaban J connectivity index is 2.07. The summed E-state index contributed by atoms with van der Waals surface area (Å²) in [7, 11) is 0. The van der Waals surface area contributed by atoms with Crippen LogP contribution in [0.2, 0.25) is 0 Å². The van der Waals surface area contributed by atoms with Crippen molar-refractivity contribution in [2.45, 2.75) is 44.7 Å². The Hall–Kier alpha value is -1.68. The smallest absolute Gasteiger partial charge is 0.266 e. The Morgan fingerprint density at radius 3 is 2.68 bits per heavy atom. The molecule has 1 aliphatic heterocycles. The van der Waals surface area contributed by atoms with Gasteiger partial charge in [0.25, 0.3) is 5.56 Å². The highest BCUT2D eigenvalue weighted by Crippen LogP contribution is 2.33. The number of hydrogen-bond acceptors (Lipinski definition) is 3. The van der Waals surface area contributed by atoms with Crippen molar-refractivity contribution >= 4 is 11.0 Å². The first-order valence-electron chi connectivity index (χ1n) is 6.87. The molecule has 1 aromatic carbocycles. The van der Waals surface area contributed by atoms with Crippen LogP contribution >= 0.6 is 0 Å². The van der Waals surface area contributed by atoms with Crippen molar-refractivity contribution in [2.75, 3.05) is 0 Å². The minimum Gasteiger partial charge on any atom is -0.319 e. The molecule has 2 atom stereocenters. The first-order valence-corrected chi connectivity index (χ1v) is 6.87. The van der Waals surface area contributed by atoms with E-state index in [1.54, 1.807) is 0 Å². The fourth-order valence-corrected chi connectivity index (χ4v) is 3.25. The molecule has 4 nitrogen and oxygen atoms in total. The van der Waals surface area contributed by atoms with E-state index >= 15 is 0 Å². The van der Waals surface area contributed by atoms with Crippen molar-refractivity contribution in [1.82, 2.24) is 15.3 Å². The molecular formula is C15H19N3O. The number of aromatic amines is 1. The van der Waals surface area contributed by atoms with Crippen LogP contribution in [0.15, 0.2) is 29.2 Å². The van der Waals surface area contributed by atoms with Gasteiger partial charge in [0, 0.05) is 12.1 Å². The Morgan fingerprint density at radius 2 is 1.95 bits per heavy atom. The molecule has 2 aromatic rings. The quantitative estimate of drug-likeness (QED) is 0.823. The maximum Gasteiger partial charge on any atom is 0.266 e. The van der Waals surface area contributed by atoms with E-state index < -0.39 is 0 Å². The van der Waals surface area contributed by atoms with E-state index in [9.17, 15) is 4.79 Å². The summed E-state index contributed by atoms with van der Waals surface area (Å²) in [6.45, 7) is 4.45. The van der Waals surface area contributed by atoms with E-state index in [1.165, 1.54) is 11.8 Å². The highest BCUT2D eigenvalue weighted by Gasteiger charge is 2.25. The summed E-state index contributed by atoms with van der Waals surface area (Å²) >= 11 is 0. The van der Waals surface area contributed by atoms with Gasteiger partial charge in [-0.3, -0.25) is 4.79 Å². The molecule has 4 heteroatoms. The van der Waals surface area contributed by atoms with Gasteiger partial charge >= 0.3 is 0 Å². The lowest BCUT2D eigenvalue weighted by Crippen LogP contribution is -2.41. The largest absolute Gasteiger partial charge is 0.319 e. The third-order valence-corrected chi connectivity index (χ3v) is 3.92. The van der Waals surface area contributed by atoms with Crippen molar-refractivity contribution in [3.8, 4) is 0 Å². The van der Waals surface area contributed by atoms with Crippen LogP contribution in [0.25, 0.3) is 11.0 Å². The summed E-state index contributed by atoms with van der Waals surface area (Å²) in [5.41, 5.74) is 2.89. The normalized spacial score (nSPS) is 27.6. The summed E-state index contributed by atoms with van der Waals surface area (Å²) in [5.74, 6) is 0.508. The van der Waals surface area contributed by atoms with Crippen LogP contribution < -0.4 is 10.9 Å². The summed E-state index contributed by atoms with van der Waals surface area (Å²) in [5, 5.41) is 3.56. The van der Waals surface area contributed by atoms with E-state index in [2.05, 4.69) is 35.2 Å². The predicted molar refractivity (Wildman–Crippen MR) is 76.4 cm³/mol. The van der Waals surface area contributed by atoms with Crippen molar-refractivity contribution in [2.24, 2.45) is 0 Å². The SMILES string of the molecule is CC1CC(c2cccc3[nH]c(=O)cnc23)CC(C)N1. The van der Waals surface area contributed by atoms with Gasteiger partial charge in [0.2, 0.25) is 0 Å². The van der Waals surface area contributed by atoms with Crippen LogP contribution in [-0.2, 0) is 0 Å². The Bertz CT molecular complexity index is 639. The number of aromatic nitrogens is 2. The van der Waals surface area contributed by atoms with Gasteiger partial charge in [-0.15, -0.1) is 0 Å². The lowest BCUT2D eigenvalue weighted by Gasteiger charge is -2.33. The molecule has 2 heterocycles. The molecule has 0 amide bonds. The van der Waals surface area contributed by atoms with E-state index in [0.717, 1.165) is 23.9 Å². The van der Waals surface area contributed by atoms with Gasteiger partial charge in [-0.05, 0) is 44.2 Å². The topological polar surface area (TPSA) is 57.8 Å². The van der Waals surface area contributed by atoms with Crippen LogP contribution in [0.4, 0.5) is 0 Å². The maximum absolute atomic E-state index is 11.3. The van der Waals surface area contributed by atoms with Gasteiger partial charge in [0.15, 0.2) is 0 Å². The minimum atomic E-state index is -0.142. The molecule has 2 unspecified atom stereocenters. The third kappa shape index (κ3) is 2.40. The maximum atomic E-state index is 11.3. The Kier molecular flexibility index (Phi) is 3.11. The Labute approximate surface area is 112 Å². The molecule has 3 rings (SSSR count). The molecule has 1 aliphatic rings. The van der Waals surface area contributed by atoms with Crippen LogP contribution in [-0.4, -0.2) is 22.1 Å². The van der Waals surface area contributed by atoms with Crippen molar-refractivity contribution in [3.05, 3.63) is 40.3 Å². The van der Waals surface area contributed by atoms with Crippen LogP contribution in [0.3, 0.4) is 0 Å². The van der Waals surface area contributed by atoms with Gasteiger partial charge in [0.05, 0.1) is 17.2 Å². The first kappa shape index (κ1) is 12.4. The standard InChI is InChI=1S/C15H19N3O/c1-9-6-11(7-10(2)17-9)12-4-3-5-13-15(12)16-8-14(19)18-13/h3-5,8-11,17H,6-7H2,1-2H3,(H,18,19). The third-order valence-electron chi connectivity index (χ3n) is 3.92. The number of rotatable bonds is 1. The van der Waals surface area contributed by atoms with Crippen LogP contribution in [0.1, 0.15) is 38.2 Å². The molecule has 19 heavy (non-hydrogen) atoms. The fourth-order valence-electron chi connectivity index (χ4n) is 3.25. The molecule has 0 bridgehead atoms. The molecule has 2 N–H and O–H groups in total. The highest BCUT2D eigenvalue weighted by molar-refractivity contribution is 5.78. The molecule has 100 valence electrons. The molecule has 0 aliphatic carbocycles. The Morgan fingerprint density at radius 1 is 1.21 bits per heavy atom. The van der Waals surface area contributed by atoms with Crippen molar-refractivity contribution < 1.29 is 0 Å².